The van der Waals surface area contributed by atoms with Crippen molar-refractivity contribution in [1.82, 2.24) is 15.7 Å². The molecule has 1 aromatic carbocycles. The van der Waals surface area contributed by atoms with Crippen LogP contribution in [0.4, 0.5) is 0 Å². The van der Waals surface area contributed by atoms with Crippen molar-refractivity contribution in [3.05, 3.63) is 47.5 Å². The first kappa shape index (κ1) is 22.5. The summed E-state index contributed by atoms with van der Waals surface area (Å²) in [6, 6.07) is 6.21. The van der Waals surface area contributed by atoms with E-state index in [0.29, 0.717) is 5.56 Å². The summed E-state index contributed by atoms with van der Waals surface area (Å²) in [5.74, 6) is 8.24. The van der Waals surface area contributed by atoms with E-state index in [1.54, 1.807) is 12.1 Å². The Balaban J connectivity index is 3.04. The SMILES string of the molecule is CNC(=O)[C@@](C)(C(=O)NO)N(C)C(=O)c1ccc(C#CC#C/C=C/CO)cc1. The van der Waals surface area contributed by atoms with Crippen molar-refractivity contribution in [2.24, 2.45) is 0 Å². The molecule has 8 heteroatoms. The van der Waals surface area contributed by atoms with Gasteiger partial charge in [-0.05, 0) is 49.1 Å². The minimum atomic E-state index is -1.95. The van der Waals surface area contributed by atoms with Crippen LogP contribution < -0.4 is 10.8 Å². The van der Waals surface area contributed by atoms with E-state index in [0.717, 1.165) is 4.90 Å². The van der Waals surface area contributed by atoms with E-state index in [2.05, 4.69) is 29.0 Å². The van der Waals surface area contributed by atoms with Crippen LogP contribution in [0.15, 0.2) is 36.4 Å². The Morgan fingerprint density at radius 1 is 1.18 bits per heavy atom. The number of allylic oxidation sites excluding steroid dienone is 1. The first-order valence-electron chi connectivity index (χ1n) is 8.15. The third-order valence-corrected chi connectivity index (χ3v) is 3.97. The van der Waals surface area contributed by atoms with Gasteiger partial charge in [-0.25, -0.2) is 5.48 Å². The Morgan fingerprint density at radius 2 is 1.82 bits per heavy atom. The van der Waals surface area contributed by atoms with Gasteiger partial charge in [0, 0.05) is 25.2 Å². The van der Waals surface area contributed by atoms with Crippen molar-refractivity contribution in [2.75, 3.05) is 20.7 Å². The number of rotatable bonds is 5. The third-order valence-electron chi connectivity index (χ3n) is 3.97. The van der Waals surface area contributed by atoms with Crippen LogP contribution in [0, 0.1) is 23.7 Å². The van der Waals surface area contributed by atoms with E-state index in [-0.39, 0.29) is 12.2 Å². The molecule has 1 atom stereocenters. The van der Waals surface area contributed by atoms with E-state index in [1.165, 1.54) is 50.8 Å². The Bertz CT molecular complexity index is 866. The molecule has 0 aliphatic rings. The van der Waals surface area contributed by atoms with Crippen molar-refractivity contribution in [3.8, 4) is 23.7 Å². The zero-order valence-electron chi connectivity index (χ0n) is 15.7. The van der Waals surface area contributed by atoms with Crippen molar-refractivity contribution in [1.29, 1.82) is 0 Å². The minimum Gasteiger partial charge on any atom is -0.392 e. The number of nitrogens with zero attached hydrogens (tertiary/aromatic N) is 1. The van der Waals surface area contributed by atoms with Crippen molar-refractivity contribution < 1.29 is 24.7 Å². The lowest BCUT2D eigenvalue weighted by Gasteiger charge is -2.34. The lowest BCUT2D eigenvalue weighted by Crippen LogP contribution is -2.64. The average molecular weight is 383 g/mol. The largest absolute Gasteiger partial charge is 0.392 e. The van der Waals surface area contributed by atoms with E-state index >= 15 is 0 Å². The highest BCUT2D eigenvalue weighted by Crippen LogP contribution is 2.18. The van der Waals surface area contributed by atoms with E-state index in [1.807, 2.05) is 0 Å². The second-order valence-corrected chi connectivity index (χ2v) is 5.64. The van der Waals surface area contributed by atoms with Gasteiger partial charge in [0.05, 0.1) is 6.61 Å². The molecule has 0 radical (unpaired) electrons. The summed E-state index contributed by atoms with van der Waals surface area (Å²) in [5.41, 5.74) is 0.308. The Hall–Kier alpha value is -3.59. The third kappa shape index (κ3) is 5.21. The molecule has 0 unspecified atom stereocenters. The van der Waals surface area contributed by atoms with Crippen molar-refractivity contribution >= 4 is 17.7 Å². The fraction of sp³-hybridized carbons (Fsp3) is 0.250. The van der Waals surface area contributed by atoms with Gasteiger partial charge in [0.2, 0.25) is 0 Å². The molecule has 0 bridgehead atoms. The average Bonchev–Trinajstić information content (AvgIpc) is 2.73. The minimum absolute atomic E-state index is 0.0923. The first-order valence-corrected chi connectivity index (χ1v) is 8.15. The quantitative estimate of drug-likeness (QED) is 0.240. The van der Waals surface area contributed by atoms with E-state index in [4.69, 9.17) is 10.3 Å². The Labute approximate surface area is 163 Å². The van der Waals surface area contributed by atoms with Gasteiger partial charge in [-0.1, -0.05) is 17.9 Å². The second kappa shape index (κ2) is 10.5. The molecule has 146 valence electrons. The molecule has 8 nitrogen and oxygen atoms in total. The number of hydroxylamine groups is 1. The number of hydrogen-bond acceptors (Lipinski definition) is 5. The van der Waals surface area contributed by atoms with Crippen molar-refractivity contribution in [2.45, 2.75) is 12.5 Å². The molecule has 0 heterocycles. The van der Waals surface area contributed by atoms with Crippen LogP contribution in [-0.2, 0) is 9.59 Å². The molecular weight excluding hydrogens is 362 g/mol. The number of aliphatic hydroxyl groups excluding tert-OH is 1. The predicted molar refractivity (Wildman–Crippen MR) is 102 cm³/mol. The molecule has 28 heavy (non-hydrogen) atoms. The molecule has 0 aliphatic carbocycles. The molecule has 0 saturated carbocycles. The molecule has 0 saturated heterocycles. The molecule has 0 spiro atoms. The van der Waals surface area contributed by atoms with Gasteiger partial charge in [-0.2, -0.15) is 0 Å². The van der Waals surface area contributed by atoms with Crippen LogP contribution in [0.3, 0.4) is 0 Å². The number of nitrogens with one attached hydrogen (secondary N) is 2. The van der Waals surface area contributed by atoms with Crippen LogP contribution >= 0.6 is 0 Å². The monoisotopic (exact) mass is 383 g/mol. The molecule has 3 amide bonds. The summed E-state index contributed by atoms with van der Waals surface area (Å²) in [4.78, 5) is 37.8. The number of benzene rings is 1. The van der Waals surface area contributed by atoms with Gasteiger partial charge in [0.1, 0.15) is 0 Å². The fourth-order valence-electron chi connectivity index (χ4n) is 2.15. The summed E-state index contributed by atoms with van der Waals surface area (Å²) < 4.78 is 0. The standard InChI is InChI=1S/C20H21N3O5/c1-20(18(26)21-2,19(27)22-28)23(3)17(25)16-12-10-15(11-13-16)9-7-5-4-6-8-14-24/h6,8,10-13,24,28H,14H2,1-3H3,(H,21,26)(H,22,27)/b8-6+/t20-/m0/s1. The highest BCUT2D eigenvalue weighted by atomic mass is 16.5. The maximum absolute atomic E-state index is 12.7. The number of aliphatic hydroxyl groups is 1. The fourth-order valence-corrected chi connectivity index (χ4v) is 2.15. The van der Waals surface area contributed by atoms with Crippen LogP contribution in [0.5, 0.6) is 0 Å². The molecule has 1 rings (SSSR count). The number of likely N-dealkylation sites (N-methyl/N-ethyl adjacent to an activating group) is 2. The predicted octanol–water partition coefficient (Wildman–Crippen LogP) is -0.328. The Morgan fingerprint density at radius 3 is 2.36 bits per heavy atom. The summed E-state index contributed by atoms with van der Waals surface area (Å²) in [7, 11) is 2.61. The van der Waals surface area contributed by atoms with Gasteiger partial charge in [-0.3, -0.25) is 19.6 Å². The van der Waals surface area contributed by atoms with Gasteiger partial charge in [-0.15, -0.1) is 0 Å². The number of hydrogen-bond donors (Lipinski definition) is 4. The Kier molecular flexibility index (Phi) is 8.45. The highest BCUT2D eigenvalue weighted by molar-refractivity contribution is 6.12. The lowest BCUT2D eigenvalue weighted by molar-refractivity contribution is -0.148. The summed E-state index contributed by atoms with van der Waals surface area (Å²) in [6.07, 6.45) is 2.97. The maximum atomic E-state index is 12.7. The summed E-state index contributed by atoms with van der Waals surface area (Å²) >= 11 is 0. The van der Waals surface area contributed by atoms with Gasteiger partial charge in [0.15, 0.2) is 5.54 Å². The first-order chi connectivity index (χ1) is 13.3. The van der Waals surface area contributed by atoms with Gasteiger partial charge < -0.3 is 15.3 Å². The number of amides is 3. The molecule has 1 aromatic rings. The normalized spacial score (nSPS) is 11.9. The van der Waals surface area contributed by atoms with Crippen LogP contribution in [0.2, 0.25) is 0 Å². The number of carbonyl (C=O) groups excluding carboxylic acids is 3. The zero-order valence-corrected chi connectivity index (χ0v) is 15.7. The topological polar surface area (TPSA) is 119 Å². The van der Waals surface area contributed by atoms with Crippen LogP contribution in [0.25, 0.3) is 0 Å². The zero-order chi connectivity index (χ0) is 21.2. The summed E-state index contributed by atoms with van der Waals surface area (Å²) in [5, 5.41) is 19.8. The van der Waals surface area contributed by atoms with Gasteiger partial charge in [0.25, 0.3) is 17.7 Å². The molecule has 0 fully saturated rings. The van der Waals surface area contributed by atoms with Crippen LogP contribution in [0.1, 0.15) is 22.8 Å². The number of carbonyl (C=O) groups is 3. The summed E-state index contributed by atoms with van der Waals surface area (Å²) in [6.45, 7) is 1.13. The molecule has 0 aromatic heterocycles. The highest BCUT2D eigenvalue weighted by Gasteiger charge is 2.47. The van der Waals surface area contributed by atoms with E-state index < -0.39 is 23.3 Å². The maximum Gasteiger partial charge on any atom is 0.278 e. The lowest BCUT2D eigenvalue weighted by atomic mass is 9.96. The van der Waals surface area contributed by atoms with E-state index in [9.17, 15) is 14.4 Å². The smallest absolute Gasteiger partial charge is 0.278 e. The molecule has 0 aliphatic heterocycles. The van der Waals surface area contributed by atoms with Crippen molar-refractivity contribution in [3.63, 3.8) is 0 Å². The van der Waals surface area contributed by atoms with Gasteiger partial charge >= 0.3 is 0 Å². The molecular formula is C20H21N3O5. The van der Waals surface area contributed by atoms with Crippen LogP contribution in [-0.4, -0.2) is 59.2 Å². The second-order valence-electron chi connectivity index (χ2n) is 5.64. The molecule has 4 N–H and O–H groups in total.